The molecule has 4 nitrogen and oxygen atoms in total. The predicted octanol–water partition coefficient (Wildman–Crippen LogP) is -2.93. The van der Waals surface area contributed by atoms with Crippen molar-refractivity contribution in [1.82, 2.24) is 4.90 Å². The Kier molecular flexibility index (Phi) is 5.72. The number of ketones is 1. The molecule has 0 aliphatic carbocycles. The Morgan fingerprint density at radius 1 is 1.64 bits per heavy atom. The minimum absolute atomic E-state index is 0. The van der Waals surface area contributed by atoms with Gasteiger partial charge in [-0.1, -0.05) is 0 Å². The first-order valence-electron chi connectivity index (χ1n) is 4.53. The molecule has 1 heterocycles. The van der Waals surface area contributed by atoms with E-state index >= 15 is 0 Å². The van der Waals surface area contributed by atoms with Gasteiger partial charge in [0, 0.05) is 19.5 Å². The number of hydrogen-bond donors (Lipinski definition) is 0. The van der Waals surface area contributed by atoms with Crippen molar-refractivity contribution < 1.29 is 26.7 Å². The summed E-state index contributed by atoms with van der Waals surface area (Å²) in [5, 5.41) is 0. The fourth-order valence-corrected chi connectivity index (χ4v) is 1.43. The van der Waals surface area contributed by atoms with Crippen LogP contribution in [0.5, 0.6) is 0 Å². The van der Waals surface area contributed by atoms with Gasteiger partial charge in [0.15, 0.2) is 0 Å². The second kappa shape index (κ2) is 5.98. The number of likely N-dealkylation sites (tertiary alicyclic amines) is 1. The SMILES string of the molecule is CCOC(=O)C1CN(C)CCC1=O.[Cl-]. The number of piperidine rings is 1. The fraction of sp³-hybridized carbons (Fsp3) is 0.778. The Morgan fingerprint density at radius 2 is 2.29 bits per heavy atom. The zero-order valence-electron chi connectivity index (χ0n) is 8.46. The molecular weight excluding hydrogens is 206 g/mol. The van der Waals surface area contributed by atoms with Crippen molar-refractivity contribution in [2.24, 2.45) is 5.92 Å². The molecule has 1 saturated heterocycles. The molecule has 0 bridgehead atoms. The number of carbonyl (C=O) groups is 2. The highest BCUT2D eigenvalue weighted by molar-refractivity contribution is 5.99. The number of rotatable bonds is 2. The van der Waals surface area contributed by atoms with Crippen LogP contribution < -0.4 is 12.4 Å². The summed E-state index contributed by atoms with van der Waals surface area (Å²) >= 11 is 0. The second-order valence-electron chi connectivity index (χ2n) is 3.28. The Bertz CT molecular complexity index is 220. The highest BCUT2D eigenvalue weighted by Gasteiger charge is 2.32. The van der Waals surface area contributed by atoms with Gasteiger partial charge >= 0.3 is 5.97 Å². The maximum atomic E-state index is 11.3. The Balaban J connectivity index is 0.00000169. The maximum Gasteiger partial charge on any atom is 0.317 e. The molecule has 5 heteroatoms. The summed E-state index contributed by atoms with van der Waals surface area (Å²) in [5.41, 5.74) is 0. The van der Waals surface area contributed by atoms with Gasteiger partial charge in [0.2, 0.25) is 0 Å². The average Bonchev–Trinajstić information content (AvgIpc) is 2.09. The van der Waals surface area contributed by atoms with E-state index in [-0.39, 0.29) is 24.2 Å². The van der Waals surface area contributed by atoms with Crippen LogP contribution in [-0.4, -0.2) is 43.4 Å². The Hall–Kier alpha value is -0.610. The molecule has 1 fully saturated rings. The summed E-state index contributed by atoms with van der Waals surface area (Å²) in [6, 6.07) is 0. The van der Waals surface area contributed by atoms with E-state index in [0.29, 0.717) is 19.6 Å². The van der Waals surface area contributed by atoms with Crippen molar-refractivity contribution >= 4 is 11.8 Å². The van der Waals surface area contributed by atoms with E-state index in [9.17, 15) is 9.59 Å². The molecule has 0 saturated carbocycles. The van der Waals surface area contributed by atoms with E-state index in [1.165, 1.54) is 0 Å². The van der Waals surface area contributed by atoms with Gasteiger partial charge in [-0.05, 0) is 14.0 Å². The minimum Gasteiger partial charge on any atom is -1.00 e. The van der Waals surface area contributed by atoms with Crippen molar-refractivity contribution in [2.75, 3.05) is 26.7 Å². The van der Waals surface area contributed by atoms with E-state index in [4.69, 9.17) is 4.74 Å². The number of ether oxygens (including phenoxy) is 1. The van der Waals surface area contributed by atoms with Crippen molar-refractivity contribution in [3.8, 4) is 0 Å². The van der Waals surface area contributed by atoms with Crippen LogP contribution in [0.15, 0.2) is 0 Å². The summed E-state index contributed by atoms with van der Waals surface area (Å²) < 4.78 is 4.81. The lowest BCUT2D eigenvalue weighted by atomic mass is 9.97. The summed E-state index contributed by atoms with van der Waals surface area (Å²) in [4.78, 5) is 24.6. The fourth-order valence-electron chi connectivity index (χ4n) is 1.43. The van der Waals surface area contributed by atoms with Gasteiger partial charge in [-0.3, -0.25) is 9.59 Å². The van der Waals surface area contributed by atoms with E-state index < -0.39 is 5.92 Å². The standard InChI is InChI=1S/C9H15NO3.ClH/c1-3-13-9(12)7-6-10(2)5-4-8(7)11;/h7H,3-6H2,1-2H3;1H/p-1. The first kappa shape index (κ1) is 13.4. The number of nitrogens with zero attached hydrogens (tertiary/aromatic N) is 1. The zero-order chi connectivity index (χ0) is 9.84. The highest BCUT2D eigenvalue weighted by atomic mass is 35.5. The molecule has 0 aromatic heterocycles. The molecule has 0 aromatic carbocycles. The lowest BCUT2D eigenvalue weighted by Gasteiger charge is -2.26. The minimum atomic E-state index is -0.557. The van der Waals surface area contributed by atoms with Gasteiger partial charge in [0.25, 0.3) is 0 Å². The molecule has 0 aromatic rings. The topological polar surface area (TPSA) is 46.6 Å². The van der Waals surface area contributed by atoms with Crippen LogP contribution in [0.1, 0.15) is 13.3 Å². The highest BCUT2D eigenvalue weighted by Crippen LogP contribution is 2.12. The third-order valence-electron chi connectivity index (χ3n) is 2.19. The summed E-state index contributed by atoms with van der Waals surface area (Å²) in [6.07, 6.45) is 0.458. The molecular formula is C9H15ClNO3-. The first-order chi connectivity index (χ1) is 6.15. The average molecular weight is 221 g/mol. The predicted molar refractivity (Wildman–Crippen MR) is 47.2 cm³/mol. The van der Waals surface area contributed by atoms with Gasteiger partial charge < -0.3 is 22.0 Å². The van der Waals surface area contributed by atoms with Crippen LogP contribution in [0.4, 0.5) is 0 Å². The van der Waals surface area contributed by atoms with Crippen LogP contribution in [-0.2, 0) is 14.3 Å². The van der Waals surface area contributed by atoms with Crippen LogP contribution >= 0.6 is 0 Å². The normalized spacial score (nSPS) is 22.7. The van der Waals surface area contributed by atoms with E-state index in [1.807, 2.05) is 11.9 Å². The Morgan fingerprint density at radius 3 is 2.86 bits per heavy atom. The van der Waals surface area contributed by atoms with Gasteiger partial charge in [0.05, 0.1) is 6.61 Å². The summed E-state index contributed by atoms with van der Waals surface area (Å²) in [5.74, 6) is -0.922. The lowest BCUT2D eigenvalue weighted by Crippen LogP contribution is -3.00. The van der Waals surface area contributed by atoms with Crippen molar-refractivity contribution in [3.63, 3.8) is 0 Å². The van der Waals surface area contributed by atoms with Crippen molar-refractivity contribution in [2.45, 2.75) is 13.3 Å². The second-order valence-corrected chi connectivity index (χ2v) is 3.28. The molecule has 1 atom stereocenters. The quantitative estimate of drug-likeness (QED) is 0.370. The zero-order valence-corrected chi connectivity index (χ0v) is 9.21. The van der Waals surface area contributed by atoms with Crippen molar-refractivity contribution in [1.29, 1.82) is 0 Å². The van der Waals surface area contributed by atoms with Crippen LogP contribution in [0.25, 0.3) is 0 Å². The van der Waals surface area contributed by atoms with Gasteiger partial charge in [-0.2, -0.15) is 0 Å². The van der Waals surface area contributed by atoms with Gasteiger partial charge in [0.1, 0.15) is 11.7 Å². The molecule has 1 unspecified atom stereocenters. The third-order valence-corrected chi connectivity index (χ3v) is 2.19. The van der Waals surface area contributed by atoms with Crippen LogP contribution in [0.2, 0.25) is 0 Å². The lowest BCUT2D eigenvalue weighted by molar-refractivity contribution is -0.153. The summed E-state index contributed by atoms with van der Waals surface area (Å²) in [7, 11) is 1.90. The smallest absolute Gasteiger partial charge is 0.317 e. The molecule has 0 radical (unpaired) electrons. The molecule has 1 aliphatic heterocycles. The summed E-state index contributed by atoms with van der Waals surface area (Å²) in [6.45, 7) is 3.33. The van der Waals surface area contributed by atoms with Gasteiger partial charge in [-0.15, -0.1) is 0 Å². The first-order valence-corrected chi connectivity index (χ1v) is 4.53. The van der Waals surface area contributed by atoms with Crippen LogP contribution in [0, 0.1) is 5.92 Å². The van der Waals surface area contributed by atoms with E-state index in [2.05, 4.69) is 0 Å². The number of hydrogen-bond acceptors (Lipinski definition) is 4. The Labute approximate surface area is 90.0 Å². The molecule has 14 heavy (non-hydrogen) atoms. The van der Waals surface area contributed by atoms with E-state index in [0.717, 1.165) is 6.54 Å². The number of esters is 1. The van der Waals surface area contributed by atoms with E-state index in [1.54, 1.807) is 6.92 Å². The van der Waals surface area contributed by atoms with Crippen LogP contribution in [0.3, 0.4) is 0 Å². The van der Waals surface area contributed by atoms with Crippen molar-refractivity contribution in [3.05, 3.63) is 0 Å². The molecule has 1 aliphatic rings. The monoisotopic (exact) mass is 220 g/mol. The molecule has 82 valence electrons. The number of Topliss-reactive ketones (excluding diaryl/α,β-unsaturated/α-hetero) is 1. The molecule has 1 rings (SSSR count). The number of carbonyl (C=O) groups excluding carboxylic acids is 2. The molecule has 0 N–H and O–H groups in total. The third kappa shape index (κ3) is 3.27. The maximum absolute atomic E-state index is 11.3. The molecule has 0 amide bonds. The van der Waals surface area contributed by atoms with Gasteiger partial charge in [-0.25, -0.2) is 0 Å². The largest absolute Gasteiger partial charge is 1.00 e. The molecule has 0 spiro atoms. The number of halogens is 1.